The number of aryl methyl sites for hydroxylation is 1. The van der Waals surface area contributed by atoms with Gasteiger partial charge in [0, 0.05) is 72.6 Å². The van der Waals surface area contributed by atoms with Gasteiger partial charge < -0.3 is 44.9 Å². The number of nitrogens with one attached hydrogen (secondary N) is 3. The number of thiazole rings is 1. The highest BCUT2D eigenvalue weighted by Gasteiger charge is 2.45. The van der Waals surface area contributed by atoms with E-state index < -0.39 is 30.1 Å². The van der Waals surface area contributed by atoms with Gasteiger partial charge >= 0.3 is 6.01 Å². The number of rotatable bonds is 21. The molecule has 21 heteroatoms. The van der Waals surface area contributed by atoms with Crippen LogP contribution in [0.25, 0.3) is 54.6 Å². The molecule has 82 heavy (non-hydrogen) atoms. The molecular formula is C61H69FN12O7S. The van der Waals surface area contributed by atoms with E-state index in [1.54, 1.807) is 43.3 Å². The van der Waals surface area contributed by atoms with E-state index in [0.717, 1.165) is 100 Å². The lowest BCUT2D eigenvalue weighted by Gasteiger charge is -2.30. The van der Waals surface area contributed by atoms with Crippen LogP contribution in [0.4, 0.5) is 10.2 Å². The number of carbonyl (C=O) groups is 2. The number of anilines is 1. The predicted molar refractivity (Wildman–Crippen MR) is 310 cm³/mol. The number of nitrogens with zero attached hydrogens (tertiary/aromatic N) is 9. The molecule has 0 bridgehead atoms. The SMILES string of the molecule is COCC1(COc2nc(N(C)[C@H]3CCNC3)c3cc(C4CC4)c(-c4c(C)c(F)cc5[nH]ncc45)c(OCc4ccc(-c5cn([C@H](C(=O)N6C[C@H](O)C[C@H]6C(=O)N[C@@H](CO)c6ccc(-c7scnc7C)cc6)C(C)C)nn5)cc4)c3n2)CC1. The first-order valence-corrected chi connectivity index (χ1v) is 29.2. The number of H-pyrrole nitrogens is 1. The van der Waals surface area contributed by atoms with Crippen molar-refractivity contribution in [3.8, 4) is 44.6 Å². The van der Waals surface area contributed by atoms with Gasteiger partial charge in [0.25, 0.3) is 0 Å². The molecule has 2 saturated heterocycles. The summed E-state index contributed by atoms with van der Waals surface area (Å²) >= 11 is 1.54. The maximum Gasteiger partial charge on any atom is 0.319 e. The number of likely N-dealkylation sites (N-methyl/N-ethyl adjacent to an activating group) is 1. The number of benzene rings is 4. The first-order chi connectivity index (χ1) is 39.7. The molecule has 12 rings (SSSR count). The number of aliphatic hydroxyl groups excluding tert-OH is 2. The Hall–Kier alpha value is -7.43. The summed E-state index contributed by atoms with van der Waals surface area (Å²) in [6, 6.07) is 16.9. The summed E-state index contributed by atoms with van der Waals surface area (Å²) in [6.07, 6.45) is 7.44. The minimum absolute atomic E-state index is 0.0383. The summed E-state index contributed by atoms with van der Waals surface area (Å²) < 4.78 is 37.0. The zero-order chi connectivity index (χ0) is 57.0. The van der Waals surface area contributed by atoms with Crippen LogP contribution in [0.1, 0.15) is 98.3 Å². The van der Waals surface area contributed by atoms with E-state index in [2.05, 4.69) is 54.1 Å². The average molecular weight is 1130 g/mol. The van der Waals surface area contributed by atoms with E-state index in [-0.39, 0.29) is 67.2 Å². The molecule has 0 radical (unpaired) electrons. The summed E-state index contributed by atoms with van der Waals surface area (Å²) in [4.78, 5) is 48.0. The van der Waals surface area contributed by atoms with Gasteiger partial charge in [0.05, 0.1) is 66.0 Å². The van der Waals surface area contributed by atoms with Gasteiger partial charge in [-0.25, -0.2) is 14.1 Å². The van der Waals surface area contributed by atoms with E-state index >= 15 is 4.39 Å². The van der Waals surface area contributed by atoms with E-state index in [1.165, 1.54) is 15.6 Å². The molecule has 5 N–H and O–H groups in total. The number of methoxy groups -OCH3 is 1. The van der Waals surface area contributed by atoms with Crippen LogP contribution < -0.4 is 25.0 Å². The van der Waals surface area contributed by atoms with Gasteiger partial charge in [-0.3, -0.25) is 14.7 Å². The Morgan fingerprint density at radius 1 is 0.988 bits per heavy atom. The van der Waals surface area contributed by atoms with Crippen LogP contribution in [0.2, 0.25) is 0 Å². The van der Waals surface area contributed by atoms with Crippen LogP contribution in [-0.4, -0.2) is 139 Å². The maximum atomic E-state index is 16.2. The molecule has 2 amide bonds. The number of carbonyl (C=O) groups excluding carboxylic acids is 2. The summed E-state index contributed by atoms with van der Waals surface area (Å²) in [5.74, 6) is -0.0406. The van der Waals surface area contributed by atoms with Crippen LogP contribution in [0.15, 0.2) is 78.6 Å². The van der Waals surface area contributed by atoms with Crippen molar-refractivity contribution in [2.45, 2.75) is 109 Å². The predicted octanol–water partition coefficient (Wildman–Crippen LogP) is 8.38. The van der Waals surface area contributed by atoms with Gasteiger partial charge in [-0.1, -0.05) is 67.6 Å². The van der Waals surface area contributed by atoms with E-state index in [9.17, 15) is 19.8 Å². The molecule has 8 aromatic rings. The second-order valence-corrected chi connectivity index (χ2v) is 24.0. The van der Waals surface area contributed by atoms with Gasteiger partial charge in [-0.2, -0.15) is 15.1 Å². The number of likely N-dealkylation sites (tertiary alicyclic amines) is 1. The van der Waals surface area contributed by atoms with Crippen LogP contribution >= 0.6 is 11.3 Å². The largest absolute Gasteiger partial charge is 0.486 e. The monoisotopic (exact) mass is 1130 g/mol. The smallest absolute Gasteiger partial charge is 0.319 e. The number of aliphatic hydroxyl groups is 2. The lowest BCUT2D eigenvalue weighted by atomic mass is 9.88. The lowest BCUT2D eigenvalue weighted by Crippen LogP contribution is -2.50. The first-order valence-electron chi connectivity index (χ1n) is 28.3. The topological polar surface area (TPSA) is 231 Å². The Labute approximate surface area is 478 Å². The number of ether oxygens (including phenoxy) is 3. The molecular weight excluding hydrogens is 1060 g/mol. The van der Waals surface area contributed by atoms with Crippen LogP contribution in [0.3, 0.4) is 0 Å². The summed E-state index contributed by atoms with van der Waals surface area (Å²) in [5.41, 5.74) is 10.5. The fraction of sp³-hybridized carbons (Fsp3) is 0.443. The Balaban J connectivity index is 0.827. The van der Waals surface area contributed by atoms with Crippen molar-refractivity contribution < 1.29 is 38.4 Å². The molecule has 4 fully saturated rings. The van der Waals surface area contributed by atoms with E-state index in [0.29, 0.717) is 52.4 Å². The molecule has 2 aliphatic heterocycles. The van der Waals surface area contributed by atoms with Crippen LogP contribution in [-0.2, 0) is 20.9 Å². The number of halogens is 1. The number of amides is 2. The third kappa shape index (κ3) is 10.8. The number of fused-ring (bicyclic) bond motifs is 2. The molecule has 0 spiro atoms. The van der Waals surface area contributed by atoms with Crippen LogP contribution in [0.5, 0.6) is 11.8 Å². The molecule has 4 aliphatic rings. The fourth-order valence-electron chi connectivity index (χ4n) is 11.9. The van der Waals surface area contributed by atoms with Gasteiger partial charge in [-0.05, 0) is 104 Å². The molecule has 19 nitrogen and oxygen atoms in total. The number of aromatic amines is 1. The molecule has 4 aromatic carbocycles. The Bertz CT molecular complexity index is 3650. The molecule has 2 aliphatic carbocycles. The number of hydrogen-bond acceptors (Lipinski definition) is 16. The van der Waals surface area contributed by atoms with Crippen molar-refractivity contribution >= 4 is 50.8 Å². The average Bonchev–Trinajstić information content (AvgIpc) is 3.11. The Morgan fingerprint density at radius 2 is 1.77 bits per heavy atom. The standard InChI is InChI=1S/C61H69FN12O7S/c1-33(2)54(59(78)73-26-42(76)21-50(73)58(77)66-49(28-75)39-13-15-40(16-14-39)56-35(4)64-32-82-56)74-27-48(70-71-74)38-9-7-36(8-10-38)29-80-55-52(51-34(3)46(62)23-47-45(51)25-65-69-47)43(37-11-12-37)22-44-53(55)67-60(81-31-61(18-19-61)30-79-6)68-57(44)72(5)41-17-20-63-24-41/h7-10,13-16,22-23,25,27,32-33,37,41-42,49-50,54,63,75-76H,11-12,17-21,24,26,28-31H2,1-6H3,(H,65,69)(H,66,77)/t41-,42+,49-,50-,54-/m0/s1. The highest BCUT2D eigenvalue weighted by Crippen LogP contribution is 2.54. The second kappa shape index (κ2) is 22.7. The Morgan fingerprint density at radius 3 is 2.45 bits per heavy atom. The highest BCUT2D eigenvalue weighted by molar-refractivity contribution is 7.13. The van der Waals surface area contributed by atoms with E-state index in [4.69, 9.17) is 24.2 Å². The second-order valence-electron chi connectivity index (χ2n) is 23.1. The third-order valence-electron chi connectivity index (χ3n) is 17.0. The third-order valence-corrected chi connectivity index (χ3v) is 18.0. The quantitative estimate of drug-likeness (QED) is 0.0455. The zero-order valence-electron chi connectivity index (χ0n) is 47.0. The van der Waals surface area contributed by atoms with Crippen molar-refractivity contribution in [1.29, 1.82) is 0 Å². The normalized spacial score (nSPS) is 19.3. The van der Waals surface area contributed by atoms with Crippen molar-refractivity contribution in [2.24, 2.45) is 11.3 Å². The molecule has 428 valence electrons. The molecule has 2 saturated carbocycles. The minimum Gasteiger partial charge on any atom is -0.486 e. The summed E-state index contributed by atoms with van der Waals surface area (Å²) in [5, 5.41) is 45.8. The molecule has 0 unspecified atom stereocenters. The minimum atomic E-state index is -0.980. The van der Waals surface area contributed by atoms with Gasteiger partial charge in [0.1, 0.15) is 41.5 Å². The first kappa shape index (κ1) is 55.1. The van der Waals surface area contributed by atoms with Crippen molar-refractivity contribution in [3.63, 3.8) is 0 Å². The zero-order valence-corrected chi connectivity index (χ0v) is 47.8. The van der Waals surface area contributed by atoms with Crippen LogP contribution in [0, 0.1) is 31.0 Å². The molecule has 5 atom stereocenters. The van der Waals surface area contributed by atoms with Gasteiger partial charge in [0.15, 0.2) is 5.75 Å². The van der Waals surface area contributed by atoms with Gasteiger partial charge in [0.2, 0.25) is 11.8 Å². The van der Waals surface area contributed by atoms with Crippen molar-refractivity contribution in [3.05, 3.63) is 112 Å². The molecule has 6 heterocycles. The summed E-state index contributed by atoms with van der Waals surface area (Å²) in [7, 11) is 3.79. The maximum absolute atomic E-state index is 16.2. The van der Waals surface area contributed by atoms with Crippen molar-refractivity contribution in [1.82, 2.24) is 55.7 Å². The summed E-state index contributed by atoms with van der Waals surface area (Å²) in [6.45, 7) is 9.96. The lowest BCUT2D eigenvalue weighted by molar-refractivity contribution is -0.142. The highest BCUT2D eigenvalue weighted by atomic mass is 32.1. The Kier molecular flexibility index (Phi) is 15.3. The number of aromatic nitrogens is 8. The van der Waals surface area contributed by atoms with Gasteiger partial charge in [-0.15, -0.1) is 16.4 Å². The molecule has 4 aromatic heterocycles. The van der Waals surface area contributed by atoms with E-state index in [1.807, 2.05) is 69.3 Å². The van der Waals surface area contributed by atoms with Crippen molar-refractivity contribution in [2.75, 3.05) is 58.5 Å². The number of β-amino-alcohol motifs (C(OH)–C–C–N with tert-alkyl or cyclic N) is 1. The number of hydrogen-bond donors (Lipinski definition) is 5. The fourth-order valence-corrected chi connectivity index (χ4v) is 12.7.